The number of halogens is 1. The first-order valence-corrected chi connectivity index (χ1v) is 7.14. The first kappa shape index (κ1) is 12.7. The third-order valence-electron chi connectivity index (χ3n) is 3.38. The van der Waals surface area contributed by atoms with Crippen LogP contribution in [-0.2, 0) is 19.5 Å². The maximum atomic E-state index is 4.52. The number of nitrogens with zero attached hydrogens (tertiary/aromatic N) is 4. The summed E-state index contributed by atoms with van der Waals surface area (Å²) in [6.45, 7) is 4.83. The van der Waals surface area contributed by atoms with Gasteiger partial charge in [-0.05, 0) is 34.5 Å². The smallest absolute Gasteiger partial charge is 0.125 e. The van der Waals surface area contributed by atoms with E-state index in [1.807, 2.05) is 25.5 Å². The second-order valence-corrected chi connectivity index (χ2v) is 5.67. The first-order chi connectivity index (χ1) is 9.22. The predicted octanol–water partition coefficient (Wildman–Crippen LogP) is 2.50. The predicted molar refractivity (Wildman–Crippen MR) is 76.5 cm³/mol. The molecular formula is C14H15BrN4. The topological polar surface area (TPSA) is 41.9 Å². The van der Waals surface area contributed by atoms with Gasteiger partial charge in [0, 0.05) is 60.4 Å². The SMILES string of the molecule is Cc1ncc2c(n1)CCN(Cc1ccncc1Br)C2. The van der Waals surface area contributed by atoms with Crippen LogP contribution in [-0.4, -0.2) is 26.4 Å². The lowest BCUT2D eigenvalue weighted by atomic mass is 10.1. The van der Waals surface area contributed by atoms with Gasteiger partial charge < -0.3 is 0 Å². The summed E-state index contributed by atoms with van der Waals surface area (Å²) in [5.41, 5.74) is 3.73. The Kier molecular flexibility index (Phi) is 3.57. The van der Waals surface area contributed by atoms with Crippen LogP contribution in [0.3, 0.4) is 0 Å². The molecule has 0 radical (unpaired) electrons. The van der Waals surface area contributed by atoms with Crippen molar-refractivity contribution in [1.82, 2.24) is 19.9 Å². The third kappa shape index (κ3) is 2.82. The molecule has 2 aromatic heterocycles. The highest BCUT2D eigenvalue weighted by Gasteiger charge is 2.18. The molecule has 0 unspecified atom stereocenters. The summed E-state index contributed by atoms with van der Waals surface area (Å²) >= 11 is 3.55. The van der Waals surface area contributed by atoms with Crippen LogP contribution >= 0.6 is 15.9 Å². The van der Waals surface area contributed by atoms with Crippen LogP contribution in [0.5, 0.6) is 0 Å². The molecule has 3 heterocycles. The van der Waals surface area contributed by atoms with Crippen LogP contribution in [0.2, 0.25) is 0 Å². The minimum Gasteiger partial charge on any atom is -0.294 e. The number of hydrogen-bond acceptors (Lipinski definition) is 4. The van der Waals surface area contributed by atoms with Crippen molar-refractivity contribution in [2.24, 2.45) is 0 Å². The quantitative estimate of drug-likeness (QED) is 0.853. The summed E-state index contributed by atoms with van der Waals surface area (Å²) in [5.74, 6) is 0.865. The van der Waals surface area contributed by atoms with Crippen LogP contribution in [0.15, 0.2) is 29.1 Å². The lowest BCUT2D eigenvalue weighted by Gasteiger charge is -2.28. The second-order valence-electron chi connectivity index (χ2n) is 4.82. The summed E-state index contributed by atoms with van der Waals surface area (Å²) in [6, 6.07) is 2.06. The van der Waals surface area contributed by atoms with Crippen molar-refractivity contribution < 1.29 is 0 Å². The lowest BCUT2D eigenvalue weighted by Crippen LogP contribution is -2.31. The van der Waals surface area contributed by atoms with Crippen molar-refractivity contribution >= 4 is 15.9 Å². The zero-order valence-electron chi connectivity index (χ0n) is 10.8. The van der Waals surface area contributed by atoms with Crippen LogP contribution < -0.4 is 0 Å². The normalized spacial score (nSPS) is 15.3. The van der Waals surface area contributed by atoms with Crippen molar-refractivity contribution in [2.75, 3.05) is 6.54 Å². The first-order valence-electron chi connectivity index (χ1n) is 6.34. The zero-order chi connectivity index (χ0) is 13.2. The van der Waals surface area contributed by atoms with Gasteiger partial charge in [0.05, 0.1) is 0 Å². The Labute approximate surface area is 121 Å². The standard InChI is InChI=1S/C14H15BrN4/c1-10-17-6-12-9-19(5-3-14(12)18-10)8-11-2-4-16-7-13(11)15/h2,4,6-7H,3,5,8-9H2,1H3. The molecule has 1 aliphatic rings. The molecule has 4 nitrogen and oxygen atoms in total. The van der Waals surface area contributed by atoms with Crippen LogP contribution in [0.4, 0.5) is 0 Å². The van der Waals surface area contributed by atoms with Crippen molar-refractivity contribution in [3.05, 3.63) is 51.8 Å². The van der Waals surface area contributed by atoms with Crippen molar-refractivity contribution in [3.8, 4) is 0 Å². The van der Waals surface area contributed by atoms with Gasteiger partial charge in [-0.25, -0.2) is 9.97 Å². The molecule has 0 saturated heterocycles. The highest BCUT2D eigenvalue weighted by molar-refractivity contribution is 9.10. The molecule has 1 aliphatic heterocycles. The van der Waals surface area contributed by atoms with Crippen molar-refractivity contribution in [3.63, 3.8) is 0 Å². The Hall–Kier alpha value is -1.33. The molecule has 0 aliphatic carbocycles. The molecule has 2 aromatic rings. The second kappa shape index (κ2) is 5.35. The summed E-state index contributed by atoms with van der Waals surface area (Å²) in [4.78, 5) is 15.3. The molecule has 0 bridgehead atoms. The van der Waals surface area contributed by atoms with Crippen LogP contribution in [0, 0.1) is 6.92 Å². The van der Waals surface area contributed by atoms with Gasteiger partial charge in [-0.2, -0.15) is 0 Å². The molecule has 98 valence electrons. The Morgan fingerprint density at radius 1 is 1.37 bits per heavy atom. The number of pyridine rings is 1. The maximum Gasteiger partial charge on any atom is 0.125 e. The van der Waals surface area contributed by atoms with E-state index in [-0.39, 0.29) is 0 Å². The van der Waals surface area contributed by atoms with Gasteiger partial charge in [0.15, 0.2) is 0 Å². The molecule has 5 heteroatoms. The van der Waals surface area contributed by atoms with E-state index in [1.54, 1.807) is 0 Å². The highest BCUT2D eigenvalue weighted by Crippen LogP contribution is 2.21. The number of rotatable bonds is 2. The number of hydrogen-bond donors (Lipinski definition) is 0. The largest absolute Gasteiger partial charge is 0.294 e. The fourth-order valence-electron chi connectivity index (χ4n) is 2.38. The van der Waals surface area contributed by atoms with Gasteiger partial charge in [-0.3, -0.25) is 9.88 Å². The highest BCUT2D eigenvalue weighted by atomic mass is 79.9. The van der Waals surface area contributed by atoms with Crippen molar-refractivity contribution in [1.29, 1.82) is 0 Å². The summed E-state index contributed by atoms with van der Waals surface area (Å²) in [7, 11) is 0. The summed E-state index contributed by atoms with van der Waals surface area (Å²) in [6.07, 6.45) is 6.65. The number of fused-ring (bicyclic) bond motifs is 1. The Morgan fingerprint density at radius 3 is 3.11 bits per heavy atom. The molecule has 0 N–H and O–H groups in total. The average molecular weight is 319 g/mol. The van der Waals surface area contributed by atoms with Crippen LogP contribution in [0.1, 0.15) is 22.6 Å². The van der Waals surface area contributed by atoms with Crippen LogP contribution in [0.25, 0.3) is 0 Å². The van der Waals surface area contributed by atoms with E-state index in [9.17, 15) is 0 Å². The molecule has 19 heavy (non-hydrogen) atoms. The molecule has 0 amide bonds. The zero-order valence-corrected chi connectivity index (χ0v) is 12.4. The fourth-order valence-corrected chi connectivity index (χ4v) is 2.76. The maximum absolute atomic E-state index is 4.52. The average Bonchev–Trinajstić information content (AvgIpc) is 2.41. The van der Waals surface area contributed by atoms with E-state index < -0.39 is 0 Å². The molecule has 0 aromatic carbocycles. The van der Waals surface area contributed by atoms with E-state index in [0.717, 1.165) is 36.4 Å². The Morgan fingerprint density at radius 2 is 2.26 bits per heavy atom. The minimum atomic E-state index is 0.865. The molecule has 0 atom stereocenters. The van der Waals surface area contributed by atoms with E-state index in [1.165, 1.54) is 16.8 Å². The summed E-state index contributed by atoms with van der Waals surface area (Å²) < 4.78 is 1.07. The number of aromatic nitrogens is 3. The van der Waals surface area contributed by atoms with Crippen molar-refractivity contribution in [2.45, 2.75) is 26.4 Å². The van der Waals surface area contributed by atoms with E-state index in [4.69, 9.17) is 0 Å². The van der Waals surface area contributed by atoms with Gasteiger partial charge in [-0.1, -0.05) is 0 Å². The van der Waals surface area contributed by atoms with Gasteiger partial charge in [0.25, 0.3) is 0 Å². The van der Waals surface area contributed by atoms with Gasteiger partial charge >= 0.3 is 0 Å². The molecule has 0 spiro atoms. The minimum absolute atomic E-state index is 0.865. The van der Waals surface area contributed by atoms with E-state index in [2.05, 4.69) is 41.8 Å². The molecule has 0 fully saturated rings. The monoisotopic (exact) mass is 318 g/mol. The Balaban J connectivity index is 1.76. The van der Waals surface area contributed by atoms with E-state index >= 15 is 0 Å². The summed E-state index contributed by atoms with van der Waals surface area (Å²) in [5, 5.41) is 0. The van der Waals surface area contributed by atoms with Gasteiger partial charge in [0.2, 0.25) is 0 Å². The van der Waals surface area contributed by atoms with E-state index in [0.29, 0.717) is 0 Å². The number of aryl methyl sites for hydroxylation is 1. The fraction of sp³-hybridized carbons (Fsp3) is 0.357. The lowest BCUT2D eigenvalue weighted by molar-refractivity contribution is 0.242. The molecular weight excluding hydrogens is 304 g/mol. The van der Waals surface area contributed by atoms with Gasteiger partial charge in [0.1, 0.15) is 5.82 Å². The Bertz CT molecular complexity index is 600. The van der Waals surface area contributed by atoms with Gasteiger partial charge in [-0.15, -0.1) is 0 Å². The molecule has 3 rings (SSSR count). The third-order valence-corrected chi connectivity index (χ3v) is 4.10. The molecule has 0 saturated carbocycles.